The molecule has 0 radical (unpaired) electrons. The minimum absolute atomic E-state index is 0.0252. The van der Waals surface area contributed by atoms with Crippen LogP contribution < -0.4 is 4.74 Å². The average molecular weight is 352 g/mol. The van der Waals surface area contributed by atoms with Gasteiger partial charge in [-0.15, -0.1) is 0 Å². The van der Waals surface area contributed by atoms with Crippen molar-refractivity contribution in [2.45, 2.75) is 13.8 Å². The summed E-state index contributed by atoms with van der Waals surface area (Å²) in [5, 5.41) is 0. The van der Waals surface area contributed by atoms with Crippen LogP contribution in [0.25, 0.3) is 0 Å². The first-order valence-electron chi connectivity index (χ1n) is 8.79. The molecule has 0 unspecified atom stereocenters. The second-order valence-corrected chi connectivity index (χ2v) is 6.63. The summed E-state index contributed by atoms with van der Waals surface area (Å²) in [7, 11) is 1.58. The van der Waals surface area contributed by atoms with Crippen molar-refractivity contribution < 1.29 is 14.3 Å². The minimum atomic E-state index is -0.0252. The highest BCUT2D eigenvalue weighted by Crippen LogP contribution is 2.18. The van der Waals surface area contributed by atoms with Gasteiger partial charge in [0, 0.05) is 37.3 Å². The average Bonchev–Trinajstić information content (AvgIpc) is 2.69. The largest absolute Gasteiger partial charge is 0.497 e. The second kappa shape index (κ2) is 7.60. The van der Waals surface area contributed by atoms with Crippen LogP contribution in [-0.2, 0) is 0 Å². The van der Waals surface area contributed by atoms with E-state index in [0.29, 0.717) is 37.5 Å². The van der Waals surface area contributed by atoms with Gasteiger partial charge in [-0.25, -0.2) is 0 Å². The molecule has 1 aliphatic heterocycles. The van der Waals surface area contributed by atoms with Crippen LogP contribution in [0.2, 0.25) is 0 Å². The van der Waals surface area contributed by atoms with Crippen molar-refractivity contribution in [3.05, 3.63) is 64.7 Å². The van der Waals surface area contributed by atoms with Crippen LogP contribution in [0.5, 0.6) is 5.75 Å². The molecule has 0 spiro atoms. The summed E-state index contributed by atoms with van der Waals surface area (Å²) in [6, 6.07) is 13.1. The number of hydrogen-bond acceptors (Lipinski definition) is 3. The van der Waals surface area contributed by atoms with E-state index >= 15 is 0 Å². The van der Waals surface area contributed by atoms with Crippen LogP contribution in [0.3, 0.4) is 0 Å². The van der Waals surface area contributed by atoms with E-state index in [4.69, 9.17) is 4.74 Å². The Labute approximate surface area is 154 Å². The fraction of sp³-hybridized carbons (Fsp3) is 0.333. The molecule has 0 aromatic heterocycles. The molecule has 1 saturated heterocycles. The van der Waals surface area contributed by atoms with Crippen molar-refractivity contribution in [1.82, 2.24) is 9.80 Å². The van der Waals surface area contributed by atoms with Crippen molar-refractivity contribution in [3.8, 4) is 5.75 Å². The SMILES string of the molecule is COc1cccc(C(=O)N2CCN(C(=O)c3cc(C)ccc3C)CC2)c1. The molecule has 2 amide bonds. The first-order chi connectivity index (χ1) is 12.5. The van der Waals surface area contributed by atoms with E-state index in [-0.39, 0.29) is 11.8 Å². The van der Waals surface area contributed by atoms with Crippen LogP contribution >= 0.6 is 0 Å². The molecule has 0 saturated carbocycles. The highest BCUT2D eigenvalue weighted by molar-refractivity contribution is 5.97. The molecule has 1 fully saturated rings. The lowest BCUT2D eigenvalue weighted by atomic mass is 10.0. The van der Waals surface area contributed by atoms with Gasteiger partial charge in [-0.1, -0.05) is 23.8 Å². The summed E-state index contributed by atoms with van der Waals surface area (Å²) in [4.78, 5) is 29.1. The Kier molecular flexibility index (Phi) is 5.26. The smallest absolute Gasteiger partial charge is 0.254 e. The van der Waals surface area contributed by atoms with Gasteiger partial charge in [-0.3, -0.25) is 9.59 Å². The Morgan fingerprint density at radius 2 is 1.54 bits per heavy atom. The zero-order valence-electron chi connectivity index (χ0n) is 15.5. The summed E-state index contributed by atoms with van der Waals surface area (Å²) in [6.45, 7) is 6.10. The van der Waals surface area contributed by atoms with Gasteiger partial charge < -0.3 is 14.5 Å². The monoisotopic (exact) mass is 352 g/mol. The minimum Gasteiger partial charge on any atom is -0.497 e. The van der Waals surface area contributed by atoms with E-state index in [1.54, 1.807) is 24.1 Å². The lowest BCUT2D eigenvalue weighted by molar-refractivity contribution is 0.0535. The zero-order valence-corrected chi connectivity index (χ0v) is 15.5. The molecule has 1 aliphatic rings. The van der Waals surface area contributed by atoms with Gasteiger partial charge in [0.1, 0.15) is 5.75 Å². The van der Waals surface area contributed by atoms with Gasteiger partial charge in [-0.2, -0.15) is 0 Å². The summed E-state index contributed by atoms with van der Waals surface area (Å²) < 4.78 is 5.19. The molecular weight excluding hydrogens is 328 g/mol. The Morgan fingerprint density at radius 3 is 2.19 bits per heavy atom. The number of aryl methyl sites for hydroxylation is 2. The van der Waals surface area contributed by atoms with Crippen molar-refractivity contribution in [2.24, 2.45) is 0 Å². The van der Waals surface area contributed by atoms with Gasteiger partial charge in [-0.05, 0) is 43.7 Å². The number of piperazine rings is 1. The maximum atomic E-state index is 12.8. The van der Waals surface area contributed by atoms with E-state index in [2.05, 4.69) is 0 Å². The molecule has 1 heterocycles. The molecule has 2 aromatic carbocycles. The van der Waals surface area contributed by atoms with E-state index in [1.807, 2.05) is 49.1 Å². The zero-order chi connectivity index (χ0) is 18.7. The fourth-order valence-electron chi connectivity index (χ4n) is 3.19. The number of hydrogen-bond donors (Lipinski definition) is 0. The number of ether oxygens (including phenoxy) is 1. The van der Waals surface area contributed by atoms with Gasteiger partial charge in [0.15, 0.2) is 0 Å². The first-order valence-corrected chi connectivity index (χ1v) is 8.79. The number of rotatable bonds is 3. The lowest BCUT2D eigenvalue weighted by Crippen LogP contribution is -2.50. The van der Waals surface area contributed by atoms with Crippen LogP contribution in [0, 0.1) is 13.8 Å². The molecular formula is C21H24N2O3. The molecule has 0 N–H and O–H groups in total. The predicted octanol–water partition coefficient (Wildman–Crippen LogP) is 2.91. The summed E-state index contributed by atoms with van der Waals surface area (Å²) >= 11 is 0. The van der Waals surface area contributed by atoms with Crippen LogP contribution in [0.15, 0.2) is 42.5 Å². The summed E-state index contributed by atoms with van der Waals surface area (Å²) in [6.07, 6.45) is 0. The standard InChI is InChI=1S/C21H24N2O3/c1-15-7-8-16(2)19(13-15)21(25)23-11-9-22(10-12-23)20(24)17-5-4-6-18(14-17)26-3/h4-8,13-14H,9-12H2,1-3H3. The molecule has 136 valence electrons. The van der Waals surface area contributed by atoms with Gasteiger partial charge in [0.05, 0.1) is 7.11 Å². The third kappa shape index (κ3) is 3.72. The van der Waals surface area contributed by atoms with Crippen LogP contribution in [0.4, 0.5) is 0 Å². The van der Waals surface area contributed by atoms with Crippen molar-refractivity contribution in [2.75, 3.05) is 33.3 Å². The van der Waals surface area contributed by atoms with Gasteiger partial charge in [0.2, 0.25) is 0 Å². The lowest BCUT2D eigenvalue weighted by Gasteiger charge is -2.35. The van der Waals surface area contributed by atoms with Crippen molar-refractivity contribution in [3.63, 3.8) is 0 Å². The third-order valence-electron chi connectivity index (χ3n) is 4.79. The van der Waals surface area contributed by atoms with Crippen LogP contribution in [-0.4, -0.2) is 54.9 Å². The second-order valence-electron chi connectivity index (χ2n) is 6.63. The normalized spacial score (nSPS) is 14.3. The topological polar surface area (TPSA) is 49.9 Å². The first kappa shape index (κ1) is 18.0. The molecule has 26 heavy (non-hydrogen) atoms. The highest BCUT2D eigenvalue weighted by Gasteiger charge is 2.26. The van der Waals surface area contributed by atoms with Crippen LogP contribution in [0.1, 0.15) is 31.8 Å². The molecule has 3 rings (SSSR count). The Balaban J connectivity index is 1.66. The van der Waals surface area contributed by atoms with Crippen molar-refractivity contribution in [1.29, 1.82) is 0 Å². The number of amides is 2. The van der Waals surface area contributed by atoms with Crippen molar-refractivity contribution >= 4 is 11.8 Å². The summed E-state index contributed by atoms with van der Waals surface area (Å²) in [5.41, 5.74) is 3.41. The van der Waals surface area contributed by atoms with Gasteiger partial charge in [0.25, 0.3) is 11.8 Å². The molecule has 0 atom stereocenters. The number of methoxy groups -OCH3 is 1. The number of carbonyl (C=O) groups excluding carboxylic acids is 2. The molecule has 0 aliphatic carbocycles. The quantitative estimate of drug-likeness (QED) is 0.853. The molecule has 0 bridgehead atoms. The number of carbonyl (C=O) groups is 2. The molecule has 5 heteroatoms. The maximum absolute atomic E-state index is 12.8. The van der Waals surface area contributed by atoms with E-state index in [0.717, 1.165) is 16.7 Å². The van der Waals surface area contributed by atoms with E-state index < -0.39 is 0 Å². The molecule has 2 aromatic rings. The number of nitrogens with zero attached hydrogens (tertiary/aromatic N) is 2. The number of benzene rings is 2. The highest BCUT2D eigenvalue weighted by atomic mass is 16.5. The van der Waals surface area contributed by atoms with E-state index in [1.165, 1.54) is 0 Å². The van der Waals surface area contributed by atoms with Gasteiger partial charge >= 0.3 is 0 Å². The van der Waals surface area contributed by atoms with E-state index in [9.17, 15) is 9.59 Å². The maximum Gasteiger partial charge on any atom is 0.254 e. The predicted molar refractivity (Wildman–Crippen MR) is 101 cm³/mol. The fourth-order valence-corrected chi connectivity index (χ4v) is 3.19. The molecule has 5 nitrogen and oxygen atoms in total. The Hall–Kier alpha value is -2.82. The Morgan fingerprint density at radius 1 is 0.885 bits per heavy atom. The Bertz CT molecular complexity index is 824. The third-order valence-corrected chi connectivity index (χ3v) is 4.79. The summed E-state index contributed by atoms with van der Waals surface area (Å²) in [5.74, 6) is 0.682.